The van der Waals surface area contributed by atoms with Crippen LogP contribution < -0.4 is 5.32 Å². The molecule has 1 fully saturated rings. The van der Waals surface area contributed by atoms with Gasteiger partial charge in [0.25, 0.3) is 0 Å². The molecular weight excluding hydrogens is 280 g/mol. The van der Waals surface area contributed by atoms with Crippen molar-refractivity contribution in [3.63, 3.8) is 0 Å². The Morgan fingerprint density at radius 2 is 1.86 bits per heavy atom. The molecule has 0 unspecified atom stereocenters. The minimum atomic E-state index is 0.234. The zero-order valence-electron chi connectivity index (χ0n) is 13.1. The van der Waals surface area contributed by atoms with E-state index in [-0.39, 0.29) is 5.91 Å². The van der Waals surface area contributed by atoms with E-state index in [1.807, 2.05) is 23.7 Å². The van der Waals surface area contributed by atoms with Crippen molar-refractivity contribution in [2.24, 2.45) is 0 Å². The van der Waals surface area contributed by atoms with Crippen molar-refractivity contribution in [1.82, 2.24) is 10.2 Å². The summed E-state index contributed by atoms with van der Waals surface area (Å²) in [6, 6.07) is 8.56. The SMILES string of the molecule is CCc1ccc(CN(C)C(=O)CSC2CCNCC2)cc1. The number of rotatable bonds is 6. The molecule has 1 aliphatic rings. The highest BCUT2D eigenvalue weighted by Crippen LogP contribution is 2.20. The maximum atomic E-state index is 12.2. The van der Waals surface area contributed by atoms with Crippen LogP contribution in [0.2, 0.25) is 0 Å². The molecule has 0 radical (unpaired) electrons. The van der Waals surface area contributed by atoms with Gasteiger partial charge in [0.2, 0.25) is 5.91 Å². The molecule has 1 aliphatic heterocycles. The predicted molar refractivity (Wildman–Crippen MR) is 90.6 cm³/mol. The number of nitrogens with one attached hydrogen (secondary N) is 1. The molecule has 2 rings (SSSR count). The first kappa shape index (κ1) is 16.4. The van der Waals surface area contributed by atoms with Crippen LogP contribution in [0.4, 0.5) is 0 Å². The molecule has 0 saturated carbocycles. The maximum absolute atomic E-state index is 12.2. The molecule has 21 heavy (non-hydrogen) atoms. The molecule has 1 amide bonds. The van der Waals surface area contributed by atoms with Gasteiger partial charge in [-0.05, 0) is 43.5 Å². The Balaban J connectivity index is 1.75. The van der Waals surface area contributed by atoms with Crippen LogP contribution in [0.15, 0.2) is 24.3 Å². The minimum Gasteiger partial charge on any atom is -0.341 e. The van der Waals surface area contributed by atoms with Crippen molar-refractivity contribution in [2.75, 3.05) is 25.9 Å². The van der Waals surface area contributed by atoms with E-state index in [2.05, 4.69) is 36.5 Å². The highest BCUT2D eigenvalue weighted by molar-refractivity contribution is 8.00. The van der Waals surface area contributed by atoms with Crippen molar-refractivity contribution in [3.05, 3.63) is 35.4 Å². The maximum Gasteiger partial charge on any atom is 0.232 e. The van der Waals surface area contributed by atoms with Crippen molar-refractivity contribution < 1.29 is 4.79 Å². The summed E-state index contributed by atoms with van der Waals surface area (Å²) < 4.78 is 0. The Labute approximate surface area is 132 Å². The first-order chi connectivity index (χ1) is 10.2. The summed E-state index contributed by atoms with van der Waals surface area (Å²) in [5.41, 5.74) is 2.55. The number of nitrogens with zero attached hydrogens (tertiary/aromatic N) is 1. The number of aryl methyl sites for hydroxylation is 1. The van der Waals surface area contributed by atoms with Crippen LogP contribution >= 0.6 is 11.8 Å². The summed E-state index contributed by atoms with van der Waals surface area (Å²) >= 11 is 1.82. The minimum absolute atomic E-state index is 0.234. The normalized spacial score (nSPS) is 15.9. The molecule has 1 heterocycles. The summed E-state index contributed by atoms with van der Waals surface area (Å²) in [6.45, 7) is 5.04. The molecule has 0 aliphatic carbocycles. The van der Waals surface area contributed by atoms with Gasteiger partial charge in [-0.25, -0.2) is 0 Å². The highest BCUT2D eigenvalue weighted by Gasteiger charge is 2.16. The van der Waals surface area contributed by atoms with E-state index >= 15 is 0 Å². The van der Waals surface area contributed by atoms with Gasteiger partial charge in [-0.3, -0.25) is 4.79 Å². The molecule has 0 spiro atoms. The summed E-state index contributed by atoms with van der Waals surface area (Å²) in [5, 5.41) is 4.00. The molecule has 4 heteroatoms. The van der Waals surface area contributed by atoms with Gasteiger partial charge in [-0.2, -0.15) is 0 Å². The van der Waals surface area contributed by atoms with Gasteiger partial charge in [0.05, 0.1) is 5.75 Å². The van der Waals surface area contributed by atoms with E-state index in [4.69, 9.17) is 0 Å². The van der Waals surface area contributed by atoms with E-state index in [1.54, 1.807) is 0 Å². The number of carbonyl (C=O) groups is 1. The standard InChI is InChI=1S/C17H26N2OS/c1-3-14-4-6-15(7-5-14)12-19(2)17(20)13-21-16-8-10-18-11-9-16/h4-7,16,18H,3,8-13H2,1-2H3. The Bertz CT molecular complexity index is 441. The average Bonchev–Trinajstić information content (AvgIpc) is 2.54. The zero-order valence-corrected chi connectivity index (χ0v) is 13.9. The lowest BCUT2D eigenvalue weighted by molar-refractivity contribution is -0.127. The average molecular weight is 306 g/mol. The molecule has 0 aromatic heterocycles. The third-order valence-electron chi connectivity index (χ3n) is 4.01. The lowest BCUT2D eigenvalue weighted by Gasteiger charge is -2.23. The molecule has 116 valence electrons. The van der Waals surface area contributed by atoms with Crippen molar-refractivity contribution in [1.29, 1.82) is 0 Å². The van der Waals surface area contributed by atoms with Crippen LogP contribution in [-0.4, -0.2) is 41.9 Å². The highest BCUT2D eigenvalue weighted by atomic mass is 32.2. The molecule has 1 saturated heterocycles. The third kappa shape index (κ3) is 5.36. The molecule has 3 nitrogen and oxygen atoms in total. The summed E-state index contributed by atoms with van der Waals surface area (Å²) in [6.07, 6.45) is 3.42. The number of carbonyl (C=O) groups excluding carboxylic acids is 1. The van der Waals surface area contributed by atoms with Crippen molar-refractivity contribution in [3.8, 4) is 0 Å². The van der Waals surface area contributed by atoms with Crippen LogP contribution in [0.3, 0.4) is 0 Å². The zero-order chi connectivity index (χ0) is 15.1. The van der Waals surface area contributed by atoms with Crippen LogP contribution in [0.25, 0.3) is 0 Å². The second-order valence-corrected chi connectivity index (χ2v) is 6.97. The summed E-state index contributed by atoms with van der Waals surface area (Å²) in [5.74, 6) is 0.840. The Morgan fingerprint density at radius 1 is 1.24 bits per heavy atom. The summed E-state index contributed by atoms with van der Waals surface area (Å²) in [4.78, 5) is 14.0. The molecule has 1 aromatic carbocycles. The number of benzene rings is 1. The smallest absolute Gasteiger partial charge is 0.232 e. The van der Waals surface area contributed by atoms with Gasteiger partial charge in [-0.15, -0.1) is 11.8 Å². The monoisotopic (exact) mass is 306 g/mol. The van der Waals surface area contributed by atoms with E-state index < -0.39 is 0 Å². The first-order valence-electron chi connectivity index (χ1n) is 7.83. The molecule has 0 bridgehead atoms. The molecular formula is C17H26N2OS. The van der Waals surface area contributed by atoms with Gasteiger partial charge in [0.1, 0.15) is 0 Å². The Morgan fingerprint density at radius 3 is 2.48 bits per heavy atom. The van der Waals surface area contributed by atoms with Gasteiger partial charge < -0.3 is 10.2 Å². The Kier molecular flexibility index (Phi) is 6.58. The van der Waals surface area contributed by atoms with E-state index in [1.165, 1.54) is 24.0 Å². The van der Waals surface area contributed by atoms with Gasteiger partial charge >= 0.3 is 0 Å². The van der Waals surface area contributed by atoms with Gasteiger partial charge in [-0.1, -0.05) is 31.2 Å². The second kappa shape index (κ2) is 8.44. The van der Waals surface area contributed by atoms with E-state index in [0.29, 0.717) is 17.5 Å². The fourth-order valence-corrected chi connectivity index (χ4v) is 3.67. The number of piperidine rings is 1. The molecule has 1 N–H and O–H groups in total. The lowest BCUT2D eigenvalue weighted by Crippen LogP contribution is -2.32. The van der Waals surface area contributed by atoms with Gasteiger partial charge in [0.15, 0.2) is 0 Å². The van der Waals surface area contributed by atoms with E-state index in [9.17, 15) is 4.79 Å². The van der Waals surface area contributed by atoms with Gasteiger partial charge in [0, 0.05) is 18.8 Å². The number of thioether (sulfide) groups is 1. The lowest BCUT2D eigenvalue weighted by atomic mass is 10.1. The quantitative estimate of drug-likeness (QED) is 0.877. The fraction of sp³-hybridized carbons (Fsp3) is 0.588. The van der Waals surface area contributed by atoms with Crippen molar-refractivity contribution in [2.45, 2.75) is 38.0 Å². The Hall–Kier alpha value is -1.00. The van der Waals surface area contributed by atoms with Crippen molar-refractivity contribution >= 4 is 17.7 Å². The molecule has 1 aromatic rings. The fourth-order valence-electron chi connectivity index (χ4n) is 2.50. The third-order valence-corrected chi connectivity index (χ3v) is 5.36. The molecule has 0 atom stereocenters. The van der Waals surface area contributed by atoms with Crippen LogP contribution in [0, 0.1) is 0 Å². The van der Waals surface area contributed by atoms with Crippen LogP contribution in [0.5, 0.6) is 0 Å². The van der Waals surface area contributed by atoms with Crippen LogP contribution in [-0.2, 0) is 17.8 Å². The van der Waals surface area contributed by atoms with E-state index in [0.717, 1.165) is 19.5 Å². The second-order valence-electron chi connectivity index (χ2n) is 5.68. The first-order valence-corrected chi connectivity index (χ1v) is 8.88. The summed E-state index contributed by atoms with van der Waals surface area (Å²) in [7, 11) is 1.90. The number of amides is 1. The topological polar surface area (TPSA) is 32.3 Å². The predicted octanol–water partition coefficient (Wildman–Crippen LogP) is 2.69. The number of hydrogen-bond donors (Lipinski definition) is 1. The van der Waals surface area contributed by atoms with Crippen LogP contribution in [0.1, 0.15) is 30.9 Å². The largest absolute Gasteiger partial charge is 0.341 e. The number of hydrogen-bond acceptors (Lipinski definition) is 3.